The topological polar surface area (TPSA) is 80.6 Å². The zero-order valence-corrected chi connectivity index (χ0v) is 19.2. The predicted octanol–water partition coefficient (Wildman–Crippen LogP) is 5.05. The van der Waals surface area contributed by atoms with Gasteiger partial charge in [0.25, 0.3) is 5.91 Å². The van der Waals surface area contributed by atoms with Crippen LogP contribution in [-0.4, -0.2) is 27.2 Å². The van der Waals surface area contributed by atoms with Crippen molar-refractivity contribution in [1.82, 2.24) is 0 Å². The van der Waals surface area contributed by atoms with Gasteiger partial charge in [-0.1, -0.05) is 20.8 Å². The van der Waals surface area contributed by atoms with Gasteiger partial charge in [0.05, 0.1) is 26.9 Å². The van der Waals surface area contributed by atoms with E-state index in [9.17, 15) is 10.1 Å². The lowest BCUT2D eigenvalue weighted by Gasteiger charge is -2.33. The molecule has 0 spiro atoms. The van der Waals surface area contributed by atoms with Crippen molar-refractivity contribution in [2.45, 2.75) is 40.0 Å². The number of thiophene rings is 1. The van der Waals surface area contributed by atoms with Crippen molar-refractivity contribution in [1.29, 1.82) is 5.26 Å². The van der Waals surface area contributed by atoms with Crippen LogP contribution in [0, 0.1) is 22.7 Å². The minimum absolute atomic E-state index is 0.216. The van der Waals surface area contributed by atoms with Crippen molar-refractivity contribution >= 4 is 22.2 Å². The number of ether oxygens (including phenoxy) is 3. The van der Waals surface area contributed by atoms with Gasteiger partial charge in [0.15, 0.2) is 11.5 Å². The van der Waals surface area contributed by atoms with E-state index in [0.29, 0.717) is 39.3 Å². The van der Waals surface area contributed by atoms with Gasteiger partial charge in [0.2, 0.25) is 5.75 Å². The lowest BCUT2D eigenvalue weighted by molar-refractivity contribution is 0.102. The maximum atomic E-state index is 13.0. The van der Waals surface area contributed by atoms with E-state index >= 15 is 0 Å². The molecule has 1 aromatic heterocycles. The number of carbonyl (C=O) groups is 1. The highest BCUT2D eigenvalue weighted by atomic mass is 32.1. The number of amides is 1. The predicted molar refractivity (Wildman–Crippen MR) is 118 cm³/mol. The van der Waals surface area contributed by atoms with Crippen LogP contribution in [0.3, 0.4) is 0 Å². The second-order valence-electron chi connectivity index (χ2n) is 8.49. The Morgan fingerprint density at radius 1 is 1.17 bits per heavy atom. The van der Waals surface area contributed by atoms with Crippen molar-refractivity contribution in [2.75, 3.05) is 26.6 Å². The second kappa shape index (κ2) is 8.57. The normalized spacial score (nSPS) is 15.7. The number of nitrogens with zero attached hydrogens (tertiary/aromatic N) is 1. The maximum absolute atomic E-state index is 13.0. The van der Waals surface area contributed by atoms with E-state index < -0.39 is 0 Å². The molecule has 0 saturated heterocycles. The maximum Gasteiger partial charge on any atom is 0.256 e. The number of rotatable bonds is 5. The summed E-state index contributed by atoms with van der Waals surface area (Å²) in [5, 5.41) is 13.3. The van der Waals surface area contributed by atoms with Crippen LogP contribution in [0.1, 0.15) is 53.6 Å². The lowest BCUT2D eigenvalue weighted by atomic mass is 9.72. The Morgan fingerprint density at radius 3 is 2.30 bits per heavy atom. The molecule has 0 unspecified atom stereocenters. The first-order chi connectivity index (χ1) is 14.2. The molecule has 0 saturated carbocycles. The molecular weight excluding hydrogens is 400 g/mol. The van der Waals surface area contributed by atoms with E-state index in [1.807, 2.05) is 0 Å². The molecule has 1 heterocycles. The monoisotopic (exact) mass is 428 g/mol. The molecule has 2 aromatic rings. The minimum atomic E-state index is -0.322. The molecule has 30 heavy (non-hydrogen) atoms. The fourth-order valence-electron chi connectivity index (χ4n) is 3.92. The largest absolute Gasteiger partial charge is 0.493 e. The standard InChI is InChI=1S/C23H28N2O4S/c1-23(2,3)14-7-8-15-16(12-24)22(30-19(15)11-14)25-21(26)13-9-17(27-4)20(29-6)18(10-13)28-5/h9-10,14H,7-8,11H2,1-6H3,(H,25,26)/t14-/m0/s1. The summed E-state index contributed by atoms with van der Waals surface area (Å²) in [6.45, 7) is 6.78. The van der Waals surface area contributed by atoms with E-state index in [1.54, 1.807) is 12.1 Å². The van der Waals surface area contributed by atoms with Crippen LogP contribution in [0.2, 0.25) is 0 Å². The van der Waals surface area contributed by atoms with Gasteiger partial charge in [-0.3, -0.25) is 4.79 Å². The van der Waals surface area contributed by atoms with E-state index in [1.165, 1.54) is 37.5 Å². The van der Waals surface area contributed by atoms with Crippen molar-refractivity contribution in [3.63, 3.8) is 0 Å². The SMILES string of the molecule is COc1cc(C(=O)Nc2sc3c(c2C#N)CC[C@H](C(C)(C)C)C3)cc(OC)c1OC. The molecule has 1 aromatic carbocycles. The average Bonchev–Trinajstić information content (AvgIpc) is 3.07. The first kappa shape index (κ1) is 22.0. The fraction of sp³-hybridized carbons (Fsp3) is 0.478. The van der Waals surface area contributed by atoms with Gasteiger partial charge < -0.3 is 19.5 Å². The van der Waals surface area contributed by atoms with Gasteiger partial charge in [-0.05, 0) is 48.3 Å². The molecular formula is C23H28N2O4S. The molecule has 6 nitrogen and oxygen atoms in total. The highest BCUT2D eigenvalue weighted by Gasteiger charge is 2.32. The molecule has 160 valence electrons. The third-order valence-electron chi connectivity index (χ3n) is 5.76. The molecule has 1 aliphatic carbocycles. The molecule has 0 fully saturated rings. The van der Waals surface area contributed by atoms with E-state index in [-0.39, 0.29) is 11.3 Å². The Balaban J connectivity index is 1.92. The number of benzene rings is 1. The summed E-state index contributed by atoms with van der Waals surface area (Å²) in [7, 11) is 4.53. The quantitative estimate of drug-likeness (QED) is 0.721. The summed E-state index contributed by atoms with van der Waals surface area (Å²) in [6.07, 6.45) is 2.87. The summed E-state index contributed by atoms with van der Waals surface area (Å²) in [5.41, 5.74) is 2.26. The molecule has 1 amide bonds. The molecule has 7 heteroatoms. The van der Waals surface area contributed by atoms with Gasteiger partial charge in [0, 0.05) is 10.4 Å². The summed E-state index contributed by atoms with van der Waals surface area (Å²) >= 11 is 1.52. The van der Waals surface area contributed by atoms with Crippen LogP contribution in [0.15, 0.2) is 12.1 Å². The Hall–Kier alpha value is -2.72. The van der Waals surface area contributed by atoms with Gasteiger partial charge in [0.1, 0.15) is 11.1 Å². The zero-order chi connectivity index (χ0) is 22.1. The molecule has 3 rings (SSSR count). The van der Waals surface area contributed by atoms with Crippen molar-refractivity contribution < 1.29 is 19.0 Å². The van der Waals surface area contributed by atoms with Crippen molar-refractivity contribution in [3.05, 3.63) is 33.7 Å². The number of hydrogen-bond donors (Lipinski definition) is 1. The number of anilines is 1. The Bertz CT molecular complexity index is 973. The highest BCUT2D eigenvalue weighted by Crippen LogP contribution is 2.44. The highest BCUT2D eigenvalue weighted by molar-refractivity contribution is 7.16. The summed E-state index contributed by atoms with van der Waals surface area (Å²) in [4.78, 5) is 14.2. The van der Waals surface area contributed by atoms with E-state index in [0.717, 1.165) is 24.8 Å². The minimum Gasteiger partial charge on any atom is -0.493 e. The smallest absolute Gasteiger partial charge is 0.256 e. The first-order valence-electron chi connectivity index (χ1n) is 9.89. The number of nitrogens with one attached hydrogen (secondary N) is 1. The van der Waals surface area contributed by atoms with Crippen LogP contribution in [0.5, 0.6) is 17.2 Å². The lowest BCUT2D eigenvalue weighted by Crippen LogP contribution is -2.26. The van der Waals surface area contributed by atoms with Gasteiger partial charge in [-0.2, -0.15) is 5.26 Å². The van der Waals surface area contributed by atoms with Crippen LogP contribution >= 0.6 is 11.3 Å². The van der Waals surface area contributed by atoms with E-state index in [4.69, 9.17) is 14.2 Å². The number of hydrogen-bond acceptors (Lipinski definition) is 6. The molecule has 1 N–H and O–H groups in total. The molecule has 1 atom stereocenters. The van der Waals surface area contributed by atoms with Gasteiger partial charge >= 0.3 is 0 Å². The number of nitriles is 1. The van der Waals surface area contributed by atoms with Crippen molar-refractivity contribution in [2.24, 2.45) is 11.3 Å². The number of carbonyl (C=O) groups excluding carboxylic acids is 1. The second-order valence-corrected chi connectivity index (χ2v) is 9.60. The third kappa shape index (κ3) is 4.10. The van der Waals surface area contributed by atoms with Gasteiger partial charge in [-0.25, -0.2) is 0 Å². The summed E-state index contributed by atoms with van der Waals surface area (Å²) < 4.78 is 16.0. The van der Waals surface area contributed by atoms with Crippen LogP contribution in [0.25, 0.3) is 0 Å². The van der Waals surface area contributed by atoms with Crippen LogP contribution < -0.4 is 19.5 Å². The Labute approximate surface area is 181 Å². The van der Waals surface area contributed by atoms with Gasteiger partial charge in [-0.15, -0.1) is 11.3 Å². The molecule has 0 radical (unpaired) electrons. The summed E-state index contributed by atoms with van der Waals surface area (Å²) in [5.74, 6) is 1.47. The number of fused-ring (bicyclic) bond motifs is 1. The summed E-state index contributed by atoms with van der Waals surface area (Å²) in [6, 6.07) is 5.51. The zero-order valence-electron chi connectivity index (χ0n) is 18.3. The Kier molecular flexibility index (Phi) is 6.27. The van der Waals surface area contributed by atoms with E-state index in [2.05, 4.69) is 32.2 Å². The number of methoxy groups -OCH3 is 3. The molecule has 0 bridgehead atoms. The first-order valence-corrected chi connectivity index (χ1v) is 10.7. The van der Waals surface area contributed by atoms with Crippen LogP contribution in [0.4, 0.5) is 5.00 Å². The molecule has 0 aliphatic heterocycles. The average molecular weight is 429 g/mol. The fourth-order valence-corrected chi connectivity index (χ4v) is 5.19. The third-order valence-corrected chi connectivity index (χ3v) is 6.93. The Morgan fingerprint density at radius 2 is 1.80 bits per heavy atom. The van der Waals surface area contributed by atoms with Crippen molar-refractivity contribution in [3.8, 4) is 23.3 Å². The van der Waals surface area contributed by atoms with Crippen LogP contribution in [-0.2, 0) is 12.8 Å². The molecule has 1 aliphatic rings.